The fourth-order valence-electron chi connectivity index (χ4n) is 2.09. The summed E-state index contributed by atoms with van der Waals surface area (Å²) in [5, 5.41) is 0.266. The Labute approximate surface area is 128 Å². The predicted octanol–water partition coefficient (Wildman–Crippen LogP) is 2.93. The second-order valence-corrected chi connectivity index (χ2v) is 6.28. The number of piperazine rings is 1. The molecule has 2 heterocycles. The van der Waals surface area contributed by atoms with E-state index in [9.17, 15) is 9.18 Å². The van der Waals surface area contributed by atoms with Gasteiger partial charge in [-0.25, -0.2) is 14.2 Å². The van der Waals surface area contributed by atoms with Gasteiger partial charge in [-0.05, 0) is 20.8 Å². The molecule has 1 aromatic heterocycles. The van der Waals surface area contributed by atoms with Crippen molar-refractivity contribution in [2.75, 3.05) is 31.1 Å². The molecule has 0 spiro atoms. The molecule has 0 bridgehead atoms. The van der Waals surface area contributed by atoms with Crippen LogP contribution in [-0.2, 0) is 4.74 Å². The standard InChI is InChI=1S/C14H19ClFN3O2/c1-14(2,3)21-13(20)19-6-4-18(5-7-19)11-8-10(16)9-17-12(11)15/h8-9H,4-7H2,1-3H3. The lowest BCUT2D eigenvalue weighted by Crippen LogP contribution is -2.50. The van der Waals surface area contributed by atoms with E-state index in [2.05, 4.69) is 4.98 Å². The third-order valence-electron chi connectivity index (χ3n) is 3.06. The van der Waals surface area contributed by atoms with Crippen molar-refractivity contribution in [1.82, 2.24) is 9.88 Å². The average molecular weight is 316 g/mol. The van der Waals surface area contributed by atoms with Gasteiger partial charge in [0, 0.05) is 32.2 Å². The van der Waals surface area contributed by atoms with Crippen LogP contribution in [0, 0.1) is 5.82 Å². The molecule has 0 aromatic carbocycles. The molecule has 116 valence electrons. The molecule has 5 nitrogen and oxygen atoms in total. The van der Waals surface area contributed by atoms with Gasteiger partial charge in [0.1, 0.15) is 11.4 Å². The zero-order chi connectivity index (χ0) is 15.6. The van der Waals surface area contributed by atoms with Gasteiger partial charge in [-0.1, -0.05) is 11.6 Å². The van der Waals surface area contributed by atoms with Crippen LogP contribution in [0.4, 0.5) is 14.9 Å². The number of ether oxygens (including phenoxy) is 1. The van der Waals surface area contributed by atoms with Gasteiger partial charge in [-0.2, -0.15) is 0 Å². The van der Waals surface area contributed by atoms with E-state index in [0.29, 0.717) is 31.9 Å². The number of hydrogen-bond acceptors (Lipinski definition) is 4. The molecule has 21 heavy (non-hydrogen) atoms. The van der Waals surface area contributed by atoms with Crippen molar-refractivity contribution in [2.45, 2.75) is 26.4 Å². The van der Waals surface area contributed by atoms with Gasteiger partial charge in [-0.3, -0.25) is 0 Å². The second kappa shape index (κ2) is 6.05. The summed E-state index contributed by atoms with van der Waals surface area (Å²) in [6.45, 7) is 7.62. The Bertz CT molecular complexity index is 525. The lowest BCUT2D eigenvalue weighted by Gasteiger charge is -2.36. The minimum Gasteiger partial charge on any atom is -0.444 e. The number of carbonyl (C=O) groups is 1. The van der Waals surface area contributed by atoms with Gasteiger partial charge < -0.3 is 14.5 Å². The first-order valence-corrected chi connectivity index (χ1v) is 7.18. The van der Waals surface area contributed by atoms with Crippen LogP contribution in [0.2, 0.25) is 5.15 Å². The van der Waals surface area contributed by atoms with Crippen molar-refractivity contribution in [3.8, 4) is 0 Å². The number of rotatable bonds is 1. The number of nitrogens with zero attached hydrogens (tertiary/aromatic N) is 3. The first kappa shape index (κ1) is 15.8. The Kier molecular flexibility index (Phi) is 4.56. The highest BCUT2D eigenvalue weighted by atomic mass is 35.5. The SMILES string of the molecule is CC(C)(C)OC(=O)N1CCN(c2cc(F)cnc2Cl)CC1. The van der Waals surface area contributed by atoms with Gasteiger partial charge in [-0.15, -0.1) is 0 Å². The number of carbonyl (C=O) groups excluding carboxylic acids is 1. The van der Waals surface area contributed by atoms with Crippen LogP contribution in [0.5, 0.6) is 0 Å². The summed E-state index contributed by atoms with van der Waals surface area (Å²) in [6.07, 6.45) is 0.758. The summed E-state index contributed by atoms with van der Waals surface area (Å²) in [6, 6.07) is 1.36. The van der Waals surface area contributed by atoms with Crippen molar-refractivity contribution in [2.24, 2.45) is 0 Å². The minimum atomic E-state index is -0.510. The molecule has 7 heteroatoms. The second-order valence-electron chi connectivity index (χ2n) is 5.92. The van der Waals surface area contributed by atoms with Crippen molar-refractivity contribution in [1.29, 1.82) is 0 Å². The monoisotopic (exact) mass is 315 g/mol. The maximum atomic E-state index is 13.3. The lowest BCUT2D eigenvalue weighted by atomic mass is 10.2. The fraction of sp³-hybridized carbons (Fsp3) is 0.571. The summed E-state index contributed by atoms with van der Waals surface area (Å²) in [7, 11) is 0. The molecule has 2 rings (SSSR count). The highest BCUT2D eigenvalue weighted by Gasteiger charge is 2.26. The Morgan fingerprint density at radius 1 is 1.33 bits per heavy atom. The first-order valence-electron chi connectivity index (χ1n) is 6.80. The predicted molar refractivity (Wildman–Crippen MR) is 79.2 cm³/mol. The molecule has 0 radical (unpaired) electrons. The molecule has 0 atom stereocenters. The quantitative estimate of drug-likeness (QED) is 0.748. The highest BCUT2D eigenvalue weighted by molar-refractivity contribution is 6.32. The molecular formula is C14H19ClFN3O2. The molecule has 0 N–H and O–H groups in total. The molecule has 1 amide bonds. The smallest absolute Gasteiger partial charge is 0.410 e. The molecular weight excluding hydrogens is 297 g/mol. The third-order valence-corrected chi connectivity index (χ3v) is 3.35. The number of anilines is 1. The summed E-state index contributed by atoms with van der Waals surface area (Å²) in [4.78, 5) is 19.3. The molecule has 1 fully saturated rings. The van der Waals surface area contributed by atoms with Crippen LogP contribution in [0.15, 0.2) is 12.3 Å². The maximum absolute atomic E-state index is 13.3. The summed E-state index contributed by atoms with van der Waals surface area (Å²) in [5.41, 5.74) is 0.0461. The van der Waals surface area contributed by atoms with Gasteiger partial charge in [0.15, 0.2) is 5.15 Å². The Morgan fingerprint density at radius 2 is 1.95 bits per heavy atom. The number of pyridine rings is 1. The molecule has 0 aliphatic carbocycles. The van der Waals surface area contributed by atoms with Crippen molar-refractivity contribution >= 4 is 23.4 Å². The van der Waals surface area contributed by atoms with Gasteiger partial charge in [0.05, 0.1) is 11.9 Å². The first-order chi connectivity index (χ1) is 9.76. The van der Waals surface area contributed by atoms with Crippen LogP contribution in [0.3, 0.4) is 0 Å². The van der Waals surface area contributed by atoms with Gasteiger partial charge in [0.25, 0.3) is 0 Å². The molecule has 0 unspecified atom stereocenters. The summed E-state index contributed by atoms with van der Waals surface area (Å²) in [5.74, 6) is -0.427. The van der Waals surface area contributed by atoms with E-state index in [1.807, 2.05) is 25.7 Å². The maximum Gasteiger partial charge on any atom is 0.410 e. The summed E-state index contributed by atoms with van der Waals surface area (Å²) >= 11 is 5.99. The molecule has 1 saturated heterocycles. The molecule has 1 aliphatic heterocycles. The third kappa shape index (κ3) is 4.20. The minimum absolute atomic E-state index is 0.266. The van der Waals surface area contributed by atoms with Crippen LogP contribution in [0.1, 0.15) is 20.8 Å². The number of amides is 1. The van der Waals surface area contributed by atoms with Crippen LogP contribution in [0.25, 0.3) is 0 Å². The summed E-state index contributed by atoms with van der Waals surface area (Å²) < 4.78 is 18.6. The Balaban J connectivity index is 1.97. The largest absolute Gasteiger partial charge is 0.444 e. The molecule has 1 aliphatic rings. The number of halogens is 2. The Hall–Kier alpha value is -1.56. The van der Waals surface area contributed by atoms with E-state index in [4.69, 9.17) is 16.3 Å². The van der Waals surface area contributed by atoms with Crippen LogP contribution in [-0.4, -0.2) is 47.8 Å². The van der Waals surface area contributed by atoms with Crippen molar-refractivity contribution in [3.63, 3.8) is 0 Å². The highest BCUT2D eigenvalue weighted by Crippen LogP contribution is 2.25. The fourth-order valence-corrected chi connectivity index (χ4v) is 2.31. The molecule has 0 saturated carbocycles. The zero-order valence-corrected chi connectivity index (χ0v) is 13.2. The van der Waals surface area contributed by atoms with E-state index in [1.165, 1.54) is 6.07 Å². The van der Waals surface area contributed by atoms with Crippen LogP contribution >= 0.6 is 11.6 Å². The van der Waals surface area contributed by atoms with E-state index < -0.39 is 11.4 Å². The van der Waals surface area contributed by atoms with E-state index in [0.717, 1.165) is 6.20 Å². The zero-order valence-electron chi connectivity index (χ0n) is 12.4. The molecule has 1 aromatic rings. The van der Waals surface area contributed by atoms with Gasteiger partial charge >= 0.3 is 6.09 Å². The average Bonchev–Trinajstić information content (AvgIpc) is 2.40. The van der Waals surface area contributed by atoms with Crippen LogP contribution < -0.4 is 4.90 Å². The van der Waals surface area contributed by atoms with E-state index >= 15 is 0 Å². The topological polar surface area (TPSA) is 45.7 Å². The Morgan fingerprint density at radius 3 is 2.52 bits per heavy atom. The lowest BCUT2D eigenvalue weighted by molar-refractivity contribution is 0.0240. The van der Waals surface area contributed by atoms with Crippen molar-refractivity contribution < 1.29 is 13.9 Å². The van der Waals surface area contributed by atoms with Crippen molar-refractivity contribution in [3.05, 3.63) is 23.2 Å². The normalized spacial score (nSPS) is 16.0. The number of aromatic nitrogens is 1. The number of hydrogen-bond donors (Lipinski definition) is 0. The van der Waals surface area contributed by atoms with E-state index in [-0.39, 0.29) is 11.2 Å². The van der Waals surface area contributed by atoms with Gasteiger partial charge in [0.2, 0.25) is 0 Å². The van der Waals surface area contributed by atoms with E-state index in [1.54, 1.807) is 4.90 Å².